The number of aromatic nitrogens is 3. The quantitative estimate of drug-likeness (QED) is 0.333. The summed E-state index contributed by atoms with van der Waals surface area (Å²) in [7, 11) is 0. The molecule has 4 aromatic rings. The van der Waals surface area contributed by atoms with E-state index < -0.39 is 0 Å². The van der Waals surface area contributed by atoms with Crippen molar-refractivity contribution in [1.29, 1.82) is 0 Å². The Balaban J connectivity index is 1.43. The van der Waals surface area contributed by atoms with Gasteiger partial charge in [-0.25, -0.2) is 4.98 Å². The zero-order valence-corrected chi connectivity index (χ0v) is 20.6. The number of benzene rings is 2. The molecule has 1 fully saturated rings. The molecule has 1 atom stereocenters. The summed E-state index contributed by atoms with van der Waals surface area (Å²) in [6, 6.07) is 15.3. The highest BCUT2D eigenvalue weighted by atomic mass is 16.5. The molecule has 0 radical (unpaired) electrons. The predicted molar refractivity (Wildman–Crippen MR) is 138 cm³/mol. The van der Waals surface area contributed by atoms with Gasteiger partial charge in [0.15, 0.2) is 0 Å². The van der Waals surface area contributed by atoms with E-state index in [1.165, 1.54) is 0 Å². The number of hydrogen-bond donors (Lipinski definition) is 0. The maximum Gasteiger partial charge on any atom is 0.299 e. The average Bonchev–Trinajstić information content (AvgIpc) is 3.50. The number of ether oxygens (including phenoxy) is 2. The van der Waals surface area contributed by atoms with E-state index in [-0.39, 0.29) is 18.1 Å². The first-order valence-corrected chi connectivity index (χ1v) is 12.1. The molecule has 0 saturated carbocycles. The van der Waals surface area contributed by atoms with Crippen molar-refractivity contribution >= 4 is 11.4 Å². The van der Waals surface area contributed by atoms with E-state index in [9.17, 15) is 4.79 Å². The summed E-state index contributed by atoms with van der Waals surface area (Å²) in [5.41, 5.74) is 2.65. The maximum absolute atomic E-state index is 12.6. The summed E-state index contributed by atoms with van der Waals surface area (Å²) in [6.45, 7) is 6.35. The maximum atomic E-state index is 12.6. The van der Waals surface area contributed by atoms with Crippen molar-refractivity contribution in [1.82, 2.24) is 19.3 Å². The topological polar surface area (TPSA) is 69.0 Å². The van der Waals surface area contributed by atoms with E-state index in [0.717, 1.165) is 41.2 Å². The Morgan fingerprint density at radius 3 is 2.69 bits per heavy atom. The van der Waals surface area contributed by atoms with Crippen LogP contribution in [0.1, 0.15) is 45.5 Å². The number of carbonyl (C=O) groups excluding carboxylic acids is 1. The van der Waals surface area contributed by atoms with Gasteiger partial charge in [-0.3, -0.25) is 14.2 Å². The van der Waals surface area contributed by atoms with Crippen LogP contribution < -0.4 is 9.47 Å². The molecule has 2 aromatic carbocycles. The fourth-order valence-corrected chi connectivity index (χ4v) is 4.57. The van der Waals surface area contributed by atoms with Gasteiger partial charge in [0.25, 0.3) is 5.91 Å². The van der Waals surface area contributed by atoms with Gasteiger partial charge in [-0.05, 0) is 75.9 Å². The SMILES string of the molecule is CC#CC(=O)N1CCC[C@H]1c1nc(-c2ccc(Oc3cccc(OC(C)C)c3)cc2)c2cnccn12. The van der Waals surface area contributed by atoms with Crippen LogP contribution in [0.25, 0.3) is 16.8 Å². The number of amides is 1. The van der Waals surface area contributed by atoms with E-state index in [2.05, 4.69) is 16.8 Å². The van der Waals surface area contributed by atoms with Crippen molar-refractivity contribution < 1.29 is 14.3 Å². The minimum absolute atomic E-state index is 0.0951. The molecule has 1 aliphatic heterocycles. The summed E-state index contributed by atoms with van der Waals surface area (Å²) in [4.78, 5) is 23.7. The molecular formula is C29H28N4O3. The highest BCUT2D eigenvalue weighted by Gasteiger charge is 2.33. The molecule has 7 nitrogen and oxygen atoms in total. The zero-order chi connectivity index (χ0) is 25.1. The van der Waals surface area contributed by atoms with E-state index >= 15 is 0 Å². The van der Waals surface area contributed by atoms with E-state index in [0.29, 0.717) is 18.0 Å². The number of fused-ring (bicyclic) bond motifs is 1. The number of imidazole rings is 1. The van der Waals surface area contributed by atoms with Crippen LogP contribution in [0.4, 0.5) is 0 Å². The van der Waals surface area contributed by atoms with Gasteiger partial charge < -0.3 is 14.4 Å². The number of carbonyl (C=O) groups is 1. The fraction of sp³-hybridized carbons (Fsp3) is 0.276. The first kappa shape index (κ1) is 23.4. The highest BCUT2D eigenvalue weighted by Crippen LogP contribution is 2.35. The second kappa shape index (κ2) is 10.1. The third-order valence-electron chi connectivity index (χ3n) is 6.06. The van der Waals surface area contributed by atoms with Crippen LogP contribution in [0.2, 0.25) is 0 Å². The first-order chi connectivity index (χ1) is 17.5. The van der Waals surface area contributed by atoms with Crippen molar-refractivity contribution in [2.75, 3.05) is 6.54 Å². The monoisotopic (exact) mass is 480 g/mol. The van der Waals surface area contributed by atoms with Crippen molar-refractivity contribution in [3.8, 4) is 40.3 Å². The van der Waals surface area contributed by atoms with E-state index in [1.807, 2.05) is 84.1 Å². The molecule has 0 N–H and O–H groups in total. The Kier molecular flexibility index (Phi) is 6.59. The van der Waals surface area contributed by atoms with Crippen LogP contribution in [0.5, 0.6) is 17.2 Å². The summed E-state index contributed by atoms with van der Waals surface area (Å²) in [6.07, 6.45) is 7.32. The summed E-state index contributed by atoms with van der Waals surface area (Å²) in [5, 5.41) is 0. The Hall–Kier alpha value is -4.31. The fourth-order valence-electron chi connectivity index (χ4n) is 4.57. The van der Waals surface area contributed by atoms with Gasteiger partial charge in [-0.1, -0.05) is 12.0 Å². The molecule has 1 amide bonds. The predicted octanol–water partition coefficient (Wildman–Crippen LogP) is 5.66. The lowest BCUT2D eigenvalue weighted by atomic mass is 10.1. The van der Waals surface area contributed by atoms with Gasteiger partial charge in [0.2, 0.25) is 0 Å². The lowest BCUT2D eigenvalue weighted by molar-refractivity contribution is -0.126. The van der Waals surface area contributed by atoms with Crippen molar-refractivity contribution in [3.63, 3.8) is 0 Å². The number of nitrogens with zero attached hydrogens (tertiary/aromatic N) is 4. The van der Waals surface area contributed by atoms with Crippen LogP contribution in [0, 0.1) is 11.8 Å². The van der Waals surface area contributed by atoms with Crippen LogP contribution in [-0.4, -0.2) is 37.8 Å². The normalized spacial score (nSPS) is 15.1. The van der Waals surface area contributed by atoms with Gasteiger partial charge >= 0.3 is 0 Å². The summed E-state index contributed by atoms with van der Waals surface area (Å²) in [5.74, 6) is 8.27. The van der Waals surface area contributed by atoms with Gasteiger partial charge in [0.1, 0.15) is 23.1 Å². The van der Waals surface area contributed by atoms with Gasteiger partial charge in [-0.15, -0.1) is 0 Å². The molecule has 1 aliphatic rings. The molecule has 182 valence electrons. The Morgan fingerprint density at radius 1 is 1.11 bits per heavy atom. The van der Waals surface area contributed by atoms with Crippen LogP contribution in [-0.2, 0) is 4.79 Å². The lowest BCUT2D eigenvalue weighted by Crippen LogP contribution is -2.30. The molecule has 1 saturated heterocycles. The van der Waals surface area contributed by atoms with Gasteiger partial charge in [0.05, 0.1) is 29.6 Å². The highest BCUT2D eigenvalue weighted by molar-refractivity contribution is 5.94. The average molecular weight is 481 g/mol. The summed E-state index contributed by atoms with van der Waals surface area (Å²) >= 11 is 0. The van der Waals surface area contributed by atoms with Crippen molar-refractivity contribution in [2.24, 2.45) is 0 Å². The second-order valence-electron chi connectivity index (χ2n) is 8.95. The minimum Gasteiger partial charge on any atom is -0.491 e. The van der Waals surface area contributed by atoms with E-state index in [1.54, 1.807) is 13.1 Å². The van der Waals surface area contributed by atoms with Crippen LogP contribution in [0.3, 0.4) is 0 Å². The molecule has 3 heterocycles. The molecule has 5 rings (SSSR count). The Bertz CT molecular complexity index is 1450. The number of hydrogen-bond acceptors (Lipinski definition) is 5. The number of likely N-dealkylation sites (tertiary alicyclic amines) is 1. The molecule has 2 aromatic heterocycles. The molecule has 0 unspecified atom stereocenters. The lowest BCUT2D eigenvalue weighted by Gasteiger charge is -2.21. The van der Waals surface area contributed by atoms with Crippen LogP contribution >= 0.6 is 0 Å². The molecular weight excluding hydrogens is 452 g/mol. The molecule has 36 heavy (non-hydrogen) atoms. The zero-order valence-electron chi connectivity index (χ0n) is 20.6. The minimum atomic E-state index is -0.156. The summed E-state index contributed by atoms with van der Waals surface area (Å²) < 4.78 is 13.8. The third kappa shape index (κ3) is 4.76. The standard InChI is InChI=1S/C29H28N4O3/c1-4-7-27(34)32-16-6-10-25(32)29-31-28(26-19-30-15-17-33(26)29)21-11-13-22(14-12-21)36-24-9-5-8-23(18-24)35-20(2)3/h5,8-9,11-15,17-20,25H,6,10,16H2,1-3H3/t25-/m0/s1. The number of rotatable bonds is 6. The Morgan fingerprint density at radius 2 is 1.92 bits per heavy atom. The molecule has 0 bridgehead atoms. The Labute approximate surface area is 210 Å². The van der Waals surface area contributed by atoms with Crippen molar-refractivity contribution in [2.45, 2.75) is 45.8 Å². The van der Waals surface area contributed by atoms with E-state index in [4.69, 9.17) is 14.5 Å². The third-order valence-corrected chi connectivity index (χ3v) is 6.06. The largest absolute Gasteiger partial charge is 0.491 e. The smallest absolute Gasteiger partial charge is 0.299 e. The van der Waals surface area contributed by atoms with Gasteiger partial charge in [-0.2, -0.15) is 0 Å². The van der Waals surface area contributed by atoms with Gasteiger partial charge in [0, 0.05) is 30.6 Å². The second-order valence-corrected chi connectivity index (χ2v) is 8.95. The molecule has 7 heteroatoms. The molecule has 0 spiro atoms. The van der Waals surface area contributed by atoms with Crippen LogP contribution in [0.15, 0.2) is 67.1 Å². The van der Waals surface area contributed by atoms with Crippen molar-refractivity contribution in [3.05, 3.63) is 72.9 Å². The molecule has 0 aliphatic carbocycles. The first-order valence-electron chi connectivity index (χ1n) is 12.1.